The van der Waals surface area contributed by atoms with Crippen LogP contribution in [-0.4, -0.2) is 55.4 Å². The van der Waals surface area contributed by atoms with Gasteiger partial charge in [-0.15, -0.1) is 0 Å². The topological polar surface area (TPSA) is 69.6 Å². The number of sulfonamides is 1. The van der Waals surface area contributed by atoms with Crippen molar-refractivity contribution in [3.05, 3.63) is 0 Å². The first-order chi connectivity index (χ1) is 9.13. The van der Waals surface area contributed by atoms with Gasteiger partial charge in [-0.05, 0) is 38.6 Å². The number of piperidine rings is 2. The Morgan fingerprint density at radius 3 is 2.63 bits per heavy atom. The molecule has 2 fully saturated rings. The van der Waals surface area contributed by atoms with Gasteiger partial charge in [-0.1, -0.05) is 12.8 Å². The first-order valence-corrected chi connectivity index (χ1v) is 9.08. The molecule has 0 amide bonds. The maximum absolute atomic E-state index is 12.4. The summed E-state index contributed by atoms with van der Waals surface area (Å²) in [7, 11) is -3.21. The second-order valence-electron chi connectivity index (χ2n) is 5.69. The lowest BCUT2D eigenvalue weighted by Crippen LogP contribution is -2.47. The average molecular weight is 290 g/mol. The maximum atomic E-state index is 12.4. The van der Waals surface area contributed by atoms with Crippen LogP contribution in [0.2, 0.25) is 0 Å². The van der Waals surface area contributed by atoms with Crippen molar-refractivity contribution in [1.82, 2.24) is 9.62 Å². The zero-order chi connectivity index (χ0) is 13.7. The standard InChI is InChI=1S/C13H26N2O3S/c16-11-13-6-2-4-9-15(13)19(17,18)10-7-12-5-1-3-8-14-12/h12-14,16H,1-11H2. The molecule has 5 nitrogen and oxygen atoms in total. The SMILES string of the molecule is O=S(=O)(CCC1CCCCN1)N1CCCCC1CO. The Kier molecular flexibility index (Phi) is 5.62. The van der Waals surface area contributed by atoms with Gasteiger partial charge in [-0.3, -0.25) is 0 Å². The Labute approximate surface area is 116 Å². The van der Waals surface area contributed by atoms with Gasteiger partial charge in [0.2, 0.25) is 10.0 Å². The third-order valence-corrected chi connectivity index (χ3v) is 6.22. The van der Waals surface area contributed by atoms with E-state index in [1.807, 2.05) is 0 Å². The van der Waals surface area contributed by atoms with E-state index in [-0.39, 0.29) is 18.4 Å². The molecular weight excluding hydrogens is 264 g/mol. The zero-order valence-corrected chi connectivity index (χ0v) is 12.4. The average Bonchev–Trinajstić information content (AvgIpc) is 2.46. The summed E-state index contributed by atoms with van der Waals surface area (Å²) in [4.78, 5) is 0. The molecule has 2 rings (SSSR count). The number of nitrogens with one attached hydrogen (secondary N) is 1. The van der Waals surface area contributed by atoms with Crippen LogP contribution in [-0.2, 0) is 10.0 Å². The van der Waals surface area contributed by atoms with Gasteiger partial charge in [0, 0.05) is 18.6 Å². The zero-order valence-electron chi connectivity index (χ0n) is 11.6. The Balaban J connectivity index is 1.89. The fraction of sp³-hybridized carbons (Fsp3) is 1.00. The molecule has 0 radical (unpaired) electrons. The molecule has 2 saturated heterocycles. The second-order valence-corrected chi connectivity index (χ2v) is 7.74. The molecule has 2 unspecified atom stereocenters. The summed E-state index contributed by atoms with van der Waals surface area (Å²) in [6.45, 7) is 1.53. The van der Waals surface area contributed by atoms with Crippen LogP contribution in [0.15, 0.2) is 0 Å². The van der Waals surface area contributed by atoms with E-state index in [0.717, 1.165) is 32.2 Å². The third kappa shape index (κ3) is 4.15. The highest BCUT2D eigenvalue weighted by atomic mass is 32.2. The highest BCUT2D eigenvalue weighted by Crippen LogP contribution is 2.21. The van der Waals surface area contributed by atoms with Crippen molar-refractivity contribution in [2.24, 2.45) is 0 Å². The number of hydrogen-bond acceptors (Lipinski definition) is 4. The summed E-state index contributed by atoms with van der Waals surface area (Å²) in [5.74, 6) is 0.209. The van der Waals surface area contributed by atoms with Crippen LogP contribution in [0.3, 0.4) is 0 Å². The van der Waals surface area contributed by atoms with Crippen molar-refractivity contribution in [2.45, 2.75) is 57.0 Å². The predicted molar refractivity (Wildman–Crippen MR) is 75.5 cm³/mol. The number of aliphatic hydroxyl groups is 1. The van der Waals surface area contributed by atoms with Gasteiger partial charge >= 0.3 is 0 Å². The Morgan fingerprint density at radius 1 is 1.16 bits per heavy atom. The van der Waals surface area contributed by atoms with Gasteiger partial charge in [0.05, 0.1) is 12.4 Å². The van der Waals surface area contributed by atoms with Crippen LogP contribution in [0.5, 0.6) is 0 Å². The molecule has 2 heterocycles. The van der Waals surface area contributed by atoms with Crippen molar-refractivity contribution in [1.29, 1.82) is 0 Å². The van der Waals surface area contributed by atoms with Gasteiger partial charge in [0.1, 0.15) is 0 Å². The Bertz CT molecular complexity index is 366. The number of rotatable bonds is 5. The van der Waals surface area contributed by atoms with Crippen LogP contribution in [0, 0.1) is 0 Å². The fourth-order valence-corrected chi connectivity index (χ4v) is 4.95. The van der Waals surface area contributed by atoms with E-state index in [1.165, 1.54) is 12.8 Å². The fourth-order valence-electron chi connectivity index (χ4n) is 3.10. The maximum Gasteiger partial charge on any atom is 0.214 e. The molecule has 19 heavy (non-hydrogen) atoms. The van der Waals surface area contributed by atoms with Gasteiger partial charge in [0.25, 0.3) is 0 Å². The molecule has 2 N–H and O–H groups in total. The van der Waals surface area contributed by atoms with Crippen LogP contribution >= 0.6 is 0 Å². The Morgan fingerprint density at radius 2 is 1.95 bits per heavy atom. The first kappa shape index (κ1) is 15.2. The summed E-state index contributed by atoms with van der Waals surface area (Å²) >= 11 is 0. The summed E-state index contributed by atoms with van der Waals surface area (Å²) in [5, 5.41) is 12.7. The predicted octanol–water partition coefficient (Wildman–Crippen LogP) is 0.695. The van der Waals surface area contributed by atoms with Crippen molar-refractivity contribution >= 4 is 10.0 Å². The normalized spacial score (nSPS) is 30.4. The molecular formula is C13H26N2O3S. The quantitative estimate of drug-likeness (QED) is 0.782. The first-order valence-electron chi connectivity index (χ1n) is 7.47. The lowest BCUT2D eigenvalue weighted by atomic mass is 10.0. The lowest BCUT2D eigenvalue weighted by molar-refractivity contribution is 0.155. The molecule has 0 saturated carbocycles. The van der Waals surface area contributed by atoms with Gasteiger partial charge in [-0.25, -0.2) is 8.42 Å². The number of hydrogen-bond donors (Lipinski definition) is 2. The van der Waals surface area contributed by atoms with E-state index >= 15 is 0 Å². The van der Waals surface area contributed by atoms with Crippen LogP contribution in [0.25, 0.3) is 0 Å². The summed E-state index contributed by atoms with van der Waals surface area (Å²) < 4.78 is 26.3. The minimum atomic E-state index is -3.21. The molecule has 112 valence electrons. The molecule has 2 aliphatic heterocycles. The lowest BCUT2D eigenvalue weighted by Gasteiger charge is -2.34. The molecule has 0 aromatic heterocycles. The van der Waals surface area contributed by atoms with Gasteiger partial charge in [0.15, 0.2) is 0 Å². The summed E-state index contributed by atoms with van der Waals surface area (Å²) in [6.07, 6.45) is 6.88. The molecule has 2 aliphatic rings. The number of aliphatic hydroxyl groups excluding tert-OH is 1. The highest BCUT2D eigenvalue weighted by molar-refractivity contribution is 7.89. The smallest absolute Gasteiger partial charge is 0.214 e. The van der Waals surface area contributed by atoms with Crippen molar-refractivity contribution in [2.75, 3.05) is 25.4 Å². The monoisotopic (exact) mass is 290 g/mol. The van der Waals surface area contributed by atoms with E-state index in [0.29, 0.717) is 19.0 Å². The van der Waals surface area contributed by atoms with Gasteiger partial charge < -0.3 is 10.4 Å². The molecule has 0 bridgehead atoms. The third-order valence-electron chi connectivity index (χ3n) is 4.28. The van der Waals surface area contributed by atoms with E-state index < -0.39 is 10.0 Å². The molecule has 0 spiro atoms. The van der Waals surface area contributed by atoms with E-state index in [2.05, 4.69) is 5.32 Å². The minimum absolute atomic E-state index is 0.0547. The summed E-state index contributed by atoms with van der Waals surface area (Å²) in [6, 6.07) is 0.152. The van der Waals surface area contributed by atoms with Crippen molar-refractivity contribution in [3.8, 4) is 0 Å². The van der Waals surface area contributed by atoms with Crippen LogP contribution in [0.4, 0.5) is 0 Å². The highest BCUT2D eigenvalue weighted by Gasteiger charge is 2.32. The second kappa shape index (κ2) is 7.02. The summed E-state index contributed by atoms with van der Waals surface area (Å²) in [5.41, 5.74) is 0. The van der Waals surface area contributed by atoms with E-state index in [4.69, 9.17) is 0 Å². The van der Waals surface area contributed by atoms with E-state index in [1.54, 1.807) is 4.31 Å². The van der Waals surface area contributed by atoms with Crippen molar-refractivity contribution in [3.63, 3.8) is 0 Å². The molecule has 0 aromatic rings. The molecule has 6 heteroatoms. The number of nitrogens with zero attached hydrogens (tertiary/aromatic N) is 1. The molecule has 0 aliphatic carbocycles. The molecule has 2 atom stereocenters. The largest absolute Gasteiger partial charge is 0.395 e. The minimum Gasteiger partial charge on any atom is -0.395 e. The van der Waals surface area contributed by atoms with Crippen LogP contribution in [0.1, 0.15) is 44.9 Å². The molecule has 0 aromatic carbocycles. The van der Waals surface area contributed by atoms with E-state index in [9.17, 15) is 13.5 Å². The Hall–Kier alpha value is -0.170. The van der Waals surface area contributed by atoms with Gasteiger partial charge in [-0.2, -0.15) is 4.31 Å². The van der Waals surface area contributed by atoms with Crippen LogP contribution < -0.4 is 5.32 Å². The van der Waals surface area contributed by atoms with Crippen molar-refractivity contribution < 1.29 is 13.5 Å².